The van der Waals surface area contributed by atoms with E-state index in [1.54, 1.807) is 12.3 Å². The maximum Gasteiger partial charge on any atom is 0.185 e. The summed E-state index contributed by atoms with van der Waals surface area (Å²) in [5, 5.41) is 0. The predicted molar refractivity (Wildman–Crippen MR) is 54.8 cm³/mol. The van der Waals surface area contributed by atoms with Crippen LogP contribution >= 0.6 is 0 Å². The van der Waals surface area contributed by atoms with Crippen LogP contribution in [0, 0.1) is 0 Å². The van der Waals surface area contributed by atoms with Gasteiger partial charge in [0, 0.05) is 30.9 Å². The van der Waals surface area contributed by atoms with E-state index in [0.29, 0.717) is 12.2 Å². The number of hydrogen-bond acceptors (Lipinski definition) is 3. The van der Waals surface area contributed by atoms with Crippen LogP contribution in [-0.4, -0.2) is 15.8 Å². The van der Waals surface area contributed by atoms with Crippen LogP contribution in [-0.2, 0) is 13.0 Å². The molecule has 0 saturated carbocycles. The SMILES string of the molecule is CCn1ccnc1Cc1ccoc1C=O. The minimum absolute atomic E-state index is 0.389. The van der Waals surface area contributed by atoms with Gasteiger partial charge in [-0.05, 0) is 13.0 Å². The summed E-state index contributed by atoms with van der Waals surface area (Å²) in [6, 6.07) is 1.80. The maximum atomic E-state index is 10.7. The molecule has 0 N–H and O–H groups in total. The highest BCUT2D eigenvalue weighted by Gasteiger charge is 2.09. The smallest absolute Gasteiger partial charge is 0.185 e. The number of imidazole rings is 1. The normalized spacial score (nSPS) is 10.5. The Morgan fingerprint density at radius 1 is 1.60 bits per heavy atom. The van der Waals surface area contributed by atoms with Gasteiger partial charge in [0.15, 0.2) is 12.0 Å². The molecule has 0 aliphatic heterocycles. The monoisotopic (exact) mass is 204 g/mol. The lowest BCUT2D eigenvalue weighted by Crippen LogP contribution is -2.02. The molecule has 0 saturated heterocycles. The first-order valence-electron chi connectivity index (χ1n) is 4.86. The predicted octanol–water partition coefficient (Wildman–Crippen LogP) is 1.90. The van der Waals surface area contributed by atoms with Gasteiger partial charge in [0.05, 0.1) is 6.26 Å². The fraction of sp³-hybridized carbons (Fsp3) is 0.273. The highest BCUT2D eigenvalue weighted by molar-refractivity contribution is 5.73. The minimum atomic E-state index is 0.389. The van der Waals surface area contributed by atoms with Crippen LogP contribution in [0.15, 0.2) is 29.1 Å². The third-order valence-corrected chi connectivity index (χ3v) is 2.38. The first kappa shape index (κ1) is 9.71. The van der Waals surface area contributed by atoms with E-state index in [1.165, 1.54) is 6.26 Å². The van der Waals surface area contributed by atoms with Gasteiger partial charge in [0.2, 0.25) is 0 Å². The van der Waals surface area contributed by atoms with E-state index in [-0.39, 0.29) is 0 Å². The lowest BCUT2D eigenvalue weighted by molar-refractivity contribution is 0.109. The third-order valence-electron chi connectivity index (χ3n) is 2.38. The average molecular weight is 204 g/mol. The molecule has 0 aliphatic rings. The molecule has 0 amide bonds. The number of furan rings is 1. The molecule has 2 aromatic heterocycles. The molecule has 0 spiro atoms. The molecule has 0 unspecified atom stereocenters. The summed E-state index contributed by atoms with van der Waals surface area (Å²) >= 11 is 0. The number of nitrogens with zero attached hydrogens (tertiary/aromatic N) is 2. The van der Waals surface area contributed by atoms with Gasteiger partial charge >= 0.3 is 0 Å². The van der Waals surface area contributed by atoms with Crippen molar-refractivity contribution in [1.29, 1.82) is 0 Å². The van der Waals surface area contributed by atoms with Gasteiger partial charge in [-0.1, -0.05) is 0 Å². The molecule has 0 bridgehead atoms. The second-order valence-corrected chi connectivity index (χ2v) is 3.23. The van der Waals surface area contributed by atoms with Gasteiger partial charge in [0.25, 0.3) is 0 Å². The second-order valence-electron chi connectivity index (χ2n) is 3.23. The van der Waals surface area contributed by atoms with E-state index in [4.69, 9.17) is 4.42 Å². The molecule has 4 heteroatoms. The first-order chi connectivity index (χ1) is 7.35. The number of hydrogen-bond donors (Lipinski definition) is 0. The molecule has 0 aromatic carbocycles. The summed E-state index contributed by atoms with van der Waals surface area (Å²) < 4.78 is 7.07. The standard InChI is InChI=1S/C11H12N2O2/c1-2-13-5-4-12-11(13)7-9-3-6-15-10(9)8-14/h3-6,8H,2,7H2,1H3. The zero-order valence-corrected chi connectivity index (χ0v) is 8.51. The van der Waals surface area contributed by atoms with Crippen LogP contribution in [0.2, 0.25) is 0 Å². The molecular formula is C11H12N2O2. The number of rotatable bonds is 4. The zero-order valence-electron chi connectivity index (χ0n) is 8.51. The maximum absolute atomic E-state index is 10.7. The first-order valence-corrected chi connectivity index (χ1v) is 4.86. The van der Waals surface area contributed by atoms with Crippen LogP contribution in [0.4, 0.5) is 0 Å². The minimum Gasteiger partial charge on any atom is -0.461 e. The van der Waals surface area contributed by atoms with Crippen molar-refractivity contribution in [2.75, 3.05) is 0 Å². The van der Waals surface area contributed by atoms with E-state index in [2.05, 4.69) is 11.9 Å². The highest BCUT2D eigenvalue weighted by Crippen LogP contribution is 2.13. The topological polar surface area (TPSA) is 48.0 Å². The van der Waals surface area contributed by atoms with E-state index >= 15 is 0 Å². The Hall–Kier alpha value is -1.84. The molecular weight excluding hydrogens is 192 g/mol. The van der Waals surface area contributed by atoms with Crippen molar-refractivity contribution in [1.82, 2.24) is 9.55 Å². The summed E-state index contributed by atoms with van der Waals surface area (Å²) in [5.74, 6) is 1.34. The summed E-state index contributed by atoms with van der Waals surface area (Å²) in [6.07, 6.45) is 6.58. The highest BCUT2D eigenvalue weighted by atomic mass is 16.3. The average Bonchev–Trinajstić information content (AvgIpc) is 2.87. The van der Waals surface area contributed by atoms with Crippen LogP contribution in [0.25, 0.3) is 0 Å². The van der Waals surface area contributed by atoms with Crippen molar-refractivity contribution in [3.8, 4) is 0 Å². The van der Waals surface area contributed by atoms with Crippen molar-refractivity contribution >= 4 is 6.29 Å². The van der Waals surface area contributed by atoms with E-state index < -0.39 is 0 Å². The fourth-order valence-corrected chi connectivity index (χ4v) is 1.56. The Kier molecular flexibility index (Phi) is 2.67. The largest absolute Gasteiger partial charge is 0.461 e. The number of carbonyl (C=O) groups is 1. The Balaban J connectivity index is 2.25. The number of aromatic nitrogens is 2. The van der Waals surface area contributed by atoms with Gasteiger partial charge in [-0.15, -0.1) is 0 Å². The number of aryl methyl sites for hydroxylation is 1. The molecule has 0 radical (unpaired) electrons. The second kappa shape index (κ2) is 4.13. The van der Waals surface area contributed by atoms with Crippen molar-refractivity contribution < 1.29 is 9.21 Å². The van der Waals surface area contributed by atoms with Crippen molar-refractivity contribution in [3.05, 3.63) is 41.9 Å². The lowest BCUT2D eigenvalue weighted by atomic mass is 10.2. The molecule has 4 nitrogen and oxygen atoms in total. The van der Waals surface area contributed by atoms with Gasteiger partial charge in [-0.25, -0.2) is 4.98 Å². The van der Waals surface area contributed by atoms with Crippen LogP contribution in [0.3, 0.4) is 0 Å². The molecule has 2 aromatic rings. The Morgan fingerprint density at radius 3 is 3.20 bits per heavy atom. The van der Waals surface area contributed by atoms with Crippen LogP contribution in [0.1, 0.15) is 28.9 Å². The van der Waals surface area contributed by atoms with Crippen molar-refractivity contribution in [2.45, 2.75) is 19.9 Å². The van der Waals surface area contributed by atoms with Crippen LogP contribution < -0.4 is 0 Å². The van der Waals surface area contributed by atoms with E-state index in [1.807, 2.05) is 10.8 Å². The third kappa shape index (κ3) is 1.83. The van der Waals surface area contributed by atoms with E-state index in [0.717, 1.165) is 24.2 Å². The Morgan fingerprint density at radius 2 is 2.47 bits per heavy atom. The number of aldehydes is 1. The summed E-state index contributed by atoms with van der Waals surface area (Å²) in [4.78, 5) is 14.9. The Bertz CT molecular complexity index is 457. The van der Waals surface area contributed by atoms with Gasteiger partial charge in [0.1, 0.15) is 5.82 Å². The summed E-state index contributed by atoms with van der Waals surface area (Å²) in [6.45, 7) is 2.94. The Labute approximate surface area is 87.5 Å². The van der Waals surface area contributed by atoms with E-state index in [9.17, 15) is 4.79 Å². The van der Waals surface area contributed by atoms with Crippen LogP contribution in [0.5, 0.6) is 0 Å². The lowest BCUT2D eigenvalue weighted by Gasteiger charge is -2.02. The quantitative estimate of drug-likeness (QED) is 0.714. The molecule has 0 atom stereocenters. The molecule has 15 heavy (non-hydrogen) atoms. The molecule has 78 valence electrons. The van der Waals surface area contributed by atoms with Crippen molar-refractivity contribution in [2.24, 2.45) is 0 Å². The fourth-order valence-electron chi connectivity index (χ4n) is 1.56. The molecule has 0 aliphatic carbocycles. The van der Waals surface area contributed by atoms with Gasteiger partial charge in [-0.3, -0.25) is 4.79 Å². The molecule has 0 fully saturated rings. The van der Waals surface area contributed by atoms with Crippen molar-refractivity contribution in [3.63, 3.8) is 0 Å². The summed E-state index contributed by atoms with van der Waals surface area (Å²) in [7, 11) is 0. The number of carbonyl (C=O) groups excluding carboxylic acids is 1. The zero-order chi connectivity index (χ0) is 10.7. The molecule has 2 rings (SSSR count). The molecule has 2 heterocycles. The van der Waals surface area contributed by atoms with Gasteiger partial charge in [-0.2, -0.15) is 0 Å². The summed E-state index contributed by atoms with van der Waals surface area (Å²) in [5.41, 5.74) is 0.880. The van der Waals surface area contributed by atoms with Gasteiger partial charge < -0.3 is 8.98 Å².